The van der Waals surface area contributed by atoms with Crippen molar-refractivity contribution in [1.82, 2.24) is 16.2 Å². The molecular formula is C19H22FN3OS. The van der Waals surface area contributed by atoms with Crippen LogP contribution in [0.25, 0.3) is 0 Å². The number of hydrogen-bond acceptors (Lipinski definition) is 4. The molecule has 2 atom stereocenters. The van der Waals surface area contributed by atoms with Gasteiger partial charge < -0.3 is 5.32 Å². The molecule has 132 valence electrons. The van der Waals surface area contributed by atoms with Gasteiger partial charge in [0.05, 0.1) is 0 Å². The van der Waals surface area contributed by atoms with Crippen LogP contribution in [0.15, 0.2) is 54.6 Å². The van der Waals surface area contributed by atoms with Gasteiger partial charge in [-0.15, -0.1) is 0 Å². The monoisotopic (exact) mass is 359 g/mol. The quantitative estimate of drug-likeness (QED) is 0.666. The zero-order valence-corrected chi connectivity index (χ0v) is 14.7. The maximum atomic E-state index is 13.5. The predicted molar refractivity (Wildman–Crippen MR) is 99.4 cm³/mol. The number of hydrogen-bond donors (Lipinski definition) is 3. The van der Waals surface area contributed by atoms with Gasteiger partial charge in [0.25, 0.3) is 0 Å². The fourth-order valence-electron chi connectivity index (χ4n) is 2.80. The van der Waals surface area contributed by atoms with E-state index >= 15 is 0 Å². The lowest BCUT2D eigenvalue weighted by Gasteiger charge is -2.11. The lowest BCUT2D eigenvalue weighted by molar-refractivity contribution is -0.122. The fourth-order valence-corrected chi connectivity index (χ4v) is 3.64. The normalized spacial score (nSPS) is 19.7. The first-order chi connectivity index (χ1) is 12.2. The lowest BCUT2D eigenvalue weighted by atomic mass is 10.0. The molecule has 1 heterocycles. The van der Waals surface area contributed by atoms with Gasteiger partial charge in [0, 0.05) is 24.1 Å². The van der Waals surface area contributed by atoms with Crippen molar-refractivity contribution in [3.8, 4) is 0 Å². The van der Waals surface area contributed by atoms with E-state index in [1.54, 1.807) is 23.9 Å². The molecule has 4 nitrogen and oxygen atoms in total. The molecule has 1 saturated heterocycles. The summed E-state index contributed by atoms with van der Waals surface area (Å²) in [6.45, 7) is 0.576. The van der Waals surface area contributed by atoms with Gasteiger partial charge in [0.2, 0.25) is 5.91 Å². The fraction of sp³-hybridized carbons (Fsp3) is 0.316. The Morgan fingerprint density at radius 1 is 1.12 bits per heavy atom. The second-order valence-electron chi connectivity index (χ2n) is 5.98. The Bertz CT molecular complexity index is 698. The van der Waals surface area contributed by atoms with E-state index in [4.69, 9.17) is 0 Å². The molecular weight excluding hydrogens is 337 g/mol. The Morgan fingerprint density at radius 2 is 1.88 bits per heavy atom. The van der Waals surface area contributed by atoms with E-state index in [0.717, 1.165) is 12.2 Å². The van der Waals surface area contributed by atoms with Crippen LogP contribution in [0.1, 0.15) is 23.6 Å². The molecule has 0 radical (unpaired) electrons. The summed E-state index contributed by atoms with van der Waals surface area (Å²) in [6, 6.07) is 16.8. The molecule has 0 aliphatic carbocycles. The molecule has 2 unspecified atom stereocenters. The number of nitrogens with one attached hydrogen (secondary N) is 3. The SMILES string of the molecule is O=C(NCCSCc1ccccc1F)C1CC(c2ccccc2)NN1. The first-order valence-electron chi connectivity index (χ1n) is 8.39. The highest BCUT2D eigenvalue weighted by molar-refractivity contribution is 7.98. The van der Waals surface area contributed by atoms with Gasteiger partial charge in [-0.25, -0.2) is 15.2 Å². The highest BCUT2D eigenvalue weighted by Crippen LogP contribution is 2.21. The molecule has 1 aliphatic heterocycles. The highest BCUT2D eigenvalue weighted by atomic mass is 32.2. The van der Waals surface area contributed by atoms with Crippen molar-refractivity contribution in [3.05, 3.63) is 71.5 Å². The van der Waals surface area contributed by atoms with Crippen LogP contribution >= 0.6 is 11.8 Å². The van der Waals surface area contributed by atoms with E-state index in [1.165, 1.54) is 11.6 Å². The number of amides is 1. The van der Waals surface area contributed by atoms with E-state index in [9.17, 15) is 9.18 Å². The molecule has 2 aromatic carbocycles. The first-order valence-corrected chi connectivity index (χ1v) is 9.54. The second kappa shape index (κ2) is 8.99. The maximum Gasteiger partial charge on any atom is 0.238 e. The Kier molecular flexibility index (Phi) is 6.44. The third kappa shape index (κ3) is 5.04. The minimum absolute atomic E-state index is 0.00239. The number of thioether (sulfide) groups is 1. The lowest BCUT2D eigenvalue weighted by Crippen LogP contribution is -2.43. The van der Waals surface area contributed by atoms with Crippen LogP contribution in [0.2, 0.25) is 0 Å². The minimum atomic E-state index is -0.234. The number of benzene rings is 2. The Labute approximate surface area is 151 Å². The number of carbonyl (C=O) groups excluding carboxylic acids is 1. The number of hydrazine groups is 1. The van der Waals surface area contributed by atoms with Crippen LogP contribution in [0.5, 0.6) is 0 Å². The molecule has 6 heteroatoms. The zero-order valence-electron chi connectivity index (χ0n) is 13.9. The van der Waals surface area contributed by atoms with E-state index in [-0.39, 0.29) is 23.8 Å². The van der Waals surface area contributed by atoms with Crippen LogP contribution in [-0.2, 0) is 10.5 Å². The Balaban J connectivity index is 1.35. The van der Waals surface area contributed by atoms with Crippen molar-refractivity contribution >= 4 is 17.7 Å². The van der Waals surface area contributed by atoms with Crippen molar-refractivity contribution in [2.24, 2.45) is 0 Å². The molecule has 0 bridgehead atoms. The van der Waals surface area contributed by atoms with Gasteiger partial charge in [0.1, 0.15) is 11.9 Å². The van der Waals surface area contributed by atoms with E-state index in [1.807, 2.05) is 24.3 Å². The molecule has 3 N–H and O–H groups in total. The van der Waals surface area contributed by atoms with Gasteiger partial charge in [-0.1, -0.05) is 48.5 Å². The van der Waals surface area contributed by atoms with Gasteiger partial charge in [-0.05, 0) is 23.6 Å². The molecule has 0 saturated carbocycles. The minimum Gasteiger partial charge on any atom is -0.354 e. The second-order valence-corrected chi connectivity index (χ2v) is 7.08. The summed E-state index contributed by atoms with van der Waals surface area (Å²) in [5, 5.41) is 2.94. The molecule has 1 fully saturated rings. The zero-order chi connectivity index (χ0) is 17.5. The molecule has 1 aliphatic rings. The van der Waals surface area contributed by atoms with Crippen molar-refractivity contribution in [1.29, 1.82) is 0 Å². The van der Waals surface area contributed by atoms with E-state index in [2.05, 4.69) is 28.3 Å². The summed E-state index contributed by atoms with van der Waals surface area (Å²) in [5.74, 6) is 1.19. The molecule has 0 spiro atoms. The third-order valence-corrected chi connectivity index (χ3v) is 5.19. The summed E-state index contributed by atoms with van der Waals surface area (Å²) in [6.07, 6.45) is 0.720. The van der Waals surface area contributed by atoms with Crippen LogP contribution in [0, 0.1) is 5.82 Å². The summed E-state index contributed by atoms with van der Waals surface area (Å²) >= 11 is 1.61. The van der Waals surface area contributed by atoms with Gasteiger partial charge >= 0.3 is 0 Å². The molecule has 0 aromatic heterocycles. The van der Waals surface area contributed by atoms with Crippen LogP contribution in [0.3, 0.4) is 0 Å². The van der Waals surface area contributed by atoms with Crippen LogP contribution in [0.4, 0.5) is 4.39 Å². The highest BCUT2D eigenvalue weighted by Gasteiger charge is 2.29. The molecule has 3 rings (SSSR count). The first kappa shape index (κ1) is 17.9. The molecule has 1 amide bonds. The average molecular weight is 359 g/mol. The summed E-state index contributed by atoms with van der Waals surface area (Å²) in [4.78, 5) is 12.2. The molecule has 2 aromatic rings. The summed E-state index contributed by atoms with van der Waals surface area (Å²) in [5.41, 5.74) is 8.11. The average Bonchev–Trinajstić information content (AvgIpc) is 3.14. The largest absolute Gasteiger partial charge is 0.354 e. The maximum absolute atomic E-state index is 13.5. The van der Waals surface area contributed by atoms with Gasteiger partial charge in [0.15, 0.2) is 0 Å². The summed E-state index contributed by atoms with van der Waals surface area (Å²) < 4.78 is 13.5. The van der Waals surface area contributed by atoms with Crippen LogP contribution < -0.4 is 16.2 Å². The molecule has 25 heavy (non-hydrogen) atoms. The third-order valence-electron chi connectivity index (χ3n) is 4.18. The smallest absolute Gasteiger partial charge is 0.238 e. The van der Waals surface area contributed by atoms with Crippen molar-refractivity contribution < 1.29 is 9.18 Å². The predicted octanol–water partition coefficient (Wildman–Crippen LogP) is 2.78. The van der Waals surface area contributed by atoms with E-state index < -0.39 is 0 Å². The topological polar surface area (TPSA) is 53.2 Å². The van der Waals surface area contributed by atoms with Crippen molar-refractivity contribution in [2.45, 2.75) is 24.3 Å². The number of halogens is 1. The van der Waals surface area contributed by atoms with Crippen molar-refractivity contribution in [2.75, 3.05) is 12.3 Å². The number of carbonyl (C=O) groups is 1. The van der Waals surface area contributed by atoms with Gasteiger partial charge in [-0.2, -0.15) is 11.8 Å². The van der Waals surface area contributed by atoms with E-state index in [0.29, 0.717) is 17.9 Å². The standard InChI is InChI=1S/C19H22FN3OS/c20-16-9-5-4-8-15(16)13-25-11-10-21-19(24)18-12-17(22-23-18)14-6-2-1-3-7-14/h1-9,17-18,22-23H,10-13H2,(H,21,24). The summed E-state index contributed by atoms with van der Waals surface area (Å²) in [7, 11) is 0. The Morgan fingerprint density at radius 3 is 2.68 bits per heavy atom. The van der Waals surface area contributed by atoms with Gasteiger partial charge in [-0.3, -0.25) is 4.79 Å². The Hall–Kier alpha value is -1.89. The van der Waals surface area contributed by atoms with Crippen molar-refractivity contribution in [3.63, 3.8) is 0 Å². The van der Waals surface area contributed by atoms with Crippen LogP contribution in [-0.4, -0.2) is 24.2 Å². The number of rotatable bonds is 7.